The molecule has 0 spiro atoms. The molecule has 0 heterocycles. The summed E-state index contributed by atoms with van der Waals surface area (Å²) in [6.45, 7) is -1.31. The van der Waals surface area contributed by atoms with E-state index in [0.29, 0.717) is 12.8 Å². The summed E-state index contributed by atoms with van der Waals surface area (Å²) in [7, 11) is 0. The molecule has 2 unspecified atom stereocenters. The molecule has 7 rings (SSSR count). The van der Waals surface area contributed by atoms with Gasteiger partial charge in [0.25, 0.3) is 0 Å². The number of amides is 6. The number of benzene rings is 5. The first-order chi connectivity index (χ1) is 34.9. The zero-order chi connectivity index (χ0) is 50.8. The van der Waals surface area contributed by atoms with E-state index in [-0.39, 0.29) is 51.0 Å². The molecule has 374 valence electrons. The van der Waals surface area contributed by atoms with Gasteiger partial charge in [-0.2, -0.15) is 0 Å². The molecule has 2 aliphatic rings. The van der Waals surface area contributed by atoms with Crippen molar-refractivity contribution in [1.82, 2.24) is 31.9 Å². The number of alkyl carbamates (subject to hydrolysis) is 2. The van der Waals surface area contributed by atoms with Crippen molar-refractivity contribution in [3.8, 4) is 22.3 Å². The van der Waals surface area contributed by atoms with Crippen LogP contribution in [0.1, 0.15) is 71.8 Å². The second kappa shape index (κ2) is 25.4. The Morgan fingerprint density at radius 1 is 0.472 bits per heavy atom. The SMILES string of the molecule is O=C(CCC(NC(=O)CNC(=O)OCC1c2ccccc2-c2ccccc21)C(=O)O)NCC(=O)NC(CCCCNC(=O)OCC1c2ccccc2-c2ccccc21)C(=O)NCC(=O)OCc1ccccc1. The molecule has 18 nitrogen and oxygen atoms in total. The Hall–Kier alpha value is -8.54. The fourth-order valence-corrected chi connectivity index (χ4v) is 8.75. The average molecular weight is 981 g/mol. The maximum atomic E-state index is 13.3. The van der Waals surface area contributed by atoms with Crippen molar-refractivity contribution >= 4 is 47.8 Å². The number of ether oxygens (including phenoxy) is 3. The Morgan fingerprint density at radius 3 is 1.47 bits per heavy atom. The van der Waals surface area contributed by atoms with E-state index in [1.807, 2.05) is 103 Å². The van der Waals surface area contributed by atoms with Gasteiger partial charge in [-0.15, -0.1) is 0 Å². The van der Waals surface area contributed by atoms with Gasteiger partial charge in [-0.1, -0.05) is 127 Å². The Bertz CT molecular complexity index is 2680. The molecule has 0 saturated heterocycles. The molecular formula is C54H56N6O12. The third-order valence-electron chi connectivity index (χ3n) is 12.3. The Morgan fingerprint density at radius 2 is 0.944 bits per heavy atom. The van der Waals surface area contributed by atoms with Crippen molar-refractivity contribution in [2.75, 3.05) is 39.4 Å². The lowest BCUT2D eigenvalue weighted by atomic mass is 9.98. The third-order valence-corrected chi connectivity index (χ3v) is 12.3. The number of hydrogen-bond donors (Lipinski definition) is 7. The number of carbonyl (C=O) groups excluding carboxylic acids is 7. The lowest BCUT2D eigenvalue weighted by Crippen LogP contribution is -2.50. The highest BCUT2D eigenvalue weighted by Gasteiger charge is 2.31. The molecule has 5 aromatic rings. The molecule has 72 heavy (non-hydrogen) atoms. The van der Waals surface area contributed by atoms with E-state index in [2.05, 4.69) is 31.9 Å². The molecule has 5 aromatic carbocycles. The van der Waals surface area contributed by atoms with Crippen molar-refractivity contribution in [2.45, 2.75) is 62.6 Å². The van der Waals surface area contributed by atoms with E-state index in [1.165, 1.54) is 0 Å². The molecule has 2 aliphatic carbocycles. The van der Waals surface area contributed by atoms with Gasteiger partial charge in [-0.3, -0.25) is 24.0 Å². The van der Waals surface area contributed by atoms with Gasteiger partial charge in [0.1, 0.15) is 45.0 Å². The first kappa shape index (κ1) is 51.3. The minimum atomic E-state index is -1.51. The van der Waals surface area contributed by atoms with Crippen molar-refractivity contribution in [3.05, 3.63) is 155 Å². The molecule has 7 N–H and O–H groups in total. The molecule has 0 bridgehead atoms. The number of carboxylic acids is 1. The van der Waals surface area contributed by atoms with Crippen LogP contribution >= 0.6 is 0 Å². The summed E-state index contributed by atoms with van der Waals surface area (Å²) in [5.74, 6) is -5.45. The molecule has 0 aliphatic heterocycles. The fourth-order valence-electron chi connectivity index (χ4n) is 8.75. The predicted octanol–water partition coefficient (Wildman–Crippen LogP) is 5.04. The van der Waals surface area contributed by atoms with E-state index in [4.69, 9.17) is 14.2 Å². The van der Waals surface area contributed by atoms with E-state index >= 15 is 0 Å². The summed E-state index contributed by atoms with van der Waals surface area (Å²) in [4.78, 5) is 101. The van der Waals surface area contributed by atoms with Crippen LogP contribution in [0.2, 0.25) is 0 Å². The normalized spacial score (nSPS) is 12.8. The van der Waals surface area contributed by atoms with E-state index < -0.39 is 85.9 Å². The number of fused-ring (bicyclic) bond motifs is 6. The molecule has 0 saturated carbocycles. The summed E-state index contributed by atoms with van der Waals surface area (Å²) >= 11 is 0. The molecule has 6 amide bonds. The van der Waals surface area contributed by atoms with E-state index in [9.17, 15) is 43.5 Å². The van der Waals surface area contributed by atoms with Crippen molar-refractivity contribution < 1.29 is 57.7 Å². The second-order valence-corrected chi connectivity index (χ2v) is 17.2. The van der Waals surface area contributed by atoms with Crippen LogP contribution in [0.15, 0.2) is 127 Å². The lowest BCUT2D eigenvalue weighted by Gasteiger charge is -2.19. The predicted molar refractivity (Wildman–Crippen MR) is 263 cm³/mol. The lowest BCUT2D eigenvalue weighted by molar-refractivity contribution is -0.145. The maximum absolute atomic E-state index is 13.3. The monoisotopic (exact) mass is 980 g/mol. The molecule has 2 atom stereocenters. The van der Waals surface area contributed by atoms with Crippen LogP contribution in [0.5, 0.6) is 0 Å². The van der Waals surface area contributed by atoms with Crippen LogP contribution in [0.4, 0.5) is 9.59 Å². The van der Waals surface area contributed by atoms with Crippen molar-refractivity contribution in [2.24, 2.45) is 0 Å². The zero-order valence-corrected chi connectivity index (χ0v) is 39.4. The standard InChI is InChI=1S/C54H56N6O12/c61-47(26-25-46(52(66)67)60-49(63)29-58-54(69)72-33-44-41-22-10-6-18-37(41)38-19-7-11-23-42(38)44)56-28-48(62)59-45(51(65)57-30-50(64)70-31-34-14-2-1-3-15-34)24-12-13-27-55-53(68)71-32-43-39-20-8-4-16-35(39)36-17-5-9-21-40(36)43/h1-11,14-23,43-46H,12-13,24-33H2,(H,55,68)(H,56,61)(H,57,65)(H,58,69)(H,59,62)(H,60,63)(H,66,67). The summed E-state index contributed by atoms with van der Waals surface area (Å²) in [6.07, 6.45) is -1.41. The Balaban J connectivity index is 0.821. The number of hydrogen-bond acceptors (Lipinski definition) is 11. The van der Waals surface area contributed by atoms with E-state index in [0.717, 1.165) is 50.1 Å². The third kappa shape index (κ3) is 14.0. The Kier molecular flexibility index (Phi) is 18.1. The van der Waals surface area contributed by atoms with Gasteiger partial charge in [0.2, 0.25) is 23.6 Å². The molecule has 0 radical (unpaired) electrons. The average Bonchev–Trinajstić information content (AvgIpc) is 3.90. The van der Waals surface area contributed by atoms with Crippen LogP contribution in [-0.4, -0.2) is 104 Å². The van der Waals surface area contributed by atoms with Gasteiger partial charge in [-0.05, 0) is 75.8 Å². The minimum Gasteiger partial charge on any atom is -0.480 e. The molecule has 0 aromatic heterocycles. The van der Waals surface area contributed by atoms with Crippen LogP contribution in [0.3, 0.4) is 0 Å². The minimum absolute atomic E-state index is 0.00741. The van der Waals surface area contributed by atoms with Crippen molar-refractivity contribution in [3.63, 3.8) is 0 Å². The largest absolute Gasteiger partial charge is 0.480 e. The highest BCUT2D eigenvalue weighted by atomic mass is 16.6. The number of aliphatic carboxylic acids is 1. The number of esters is 1. The summed E-state index contributed by atoms with van der Waals surface area (Å²) in [6, 6.07) is 37.9. The van der Waals surface area contributed by atoms with Gasteiger partial charge in [0.05, 0.1) is 6.54 Å². The number of carboxylic acid groups (broad SMARTS) is 1. The molecule has 0 fully saturated rings. The van der Waals surface area contributed by atoms with Crippen molar-refractivity contribution in [1.29, 1.82) is 0 Å². The number of nitrogens with one attached hydrogen (secondary N) is 6. The highest BCUT2D eigenvalue weighted by Crippen LogP contribution is 2.45. The summed E-state index contributed by atoms with van der Waals surface area (Å²) in [5.41, 5.74) is 9.23. The number of carbonyl (C=O) groups is 8. The van der Waals surface area contributed by atoms with Crippen LogP contribution in [0.25, 0.3) is 22.3 Å². The van der Waals surface area contributed by atoms with Crippen LogP contribution in [0, 0.1) is 0 Å². The second-order valence-electron chi connectivity index (χ2n) is 17.2. The van der Waals surface area contributed by atoms with Crippen LogP contribution < -0.4 is 31.9 Å². The van der Waals surface area contributed by atoms with Gasteiger partial charge in [-0.25, -0.2) is 14.4 Å². The first-order valence-corrected chi connectivity index (χ1v) is 23.7. The first-order valence-electron chi connectivity index (χ1n) is 23.7. The molecule has 18 heteroatoms. The zero-order valence-electron chi connectivity index (χ0n) is 39.4. The fraction of sp³-hybridized carbons (Fsp3) is 0.296. The molecular weight excluding hydrogens is 925 g/mol. The quantitative estimate of drug-likeness (QED) is 0.0244. The van der Waals surface area contributed by atoms with Crippen LogP contribution in [-0.2, 0) is 49.6 Å². The Labute approximate surface area is 415 Å². The highest BCUT2D eigenvalue weighted by molar-refractivity contribution is 5.92. The van der Waals surface area contributed by atoms with E-state index in [1.54, 1.807) is 24.3 Å². The maximum Gasteiger partial charge on any atom is 0.407 e. The number of rotatable bonds is 24. The van der Waals surface area contributed by atoms with Gasteiger partial charge in [0, 0.05) is 24.8 Å². The van der Waals surface area contributed by atoms with Gasteiger partial charge >= 0.3 is 24.1 Å². The summed E-state index contributed by atoms with van der Waals surface area (Å²) in [5, 5.41) is 24.5. The smallest absolute Gasteiger partial charge is 0.407 e. The number of unbranched alkanes of at least 4 members (excludes halogenated alkanes) is 1. The summed E-state index contributed by atoms with van der Waals surface area (Å²) < 4.78 is 16.3. The topological polar surface area (TPSA) is 257 Å². The van der Waals surface area contributed by atoms with Gasteiger partial charge in [0.15, 0.2) is 0 Å². The van der Waals surface area contributed by atoms with Gasteiger partial charge < -0.3 is 51.2 Å².